The molecule has 1 N–H and O–H groups in total. The van der Waals surface area contributed by atoms with E-state index in [9.17, 15) is 13.2 Å². The highest BCUT2D eigenvalue weighted by atomic mass is 32.2. The normalized spacial score (nSPS) is 12.0. The number of nitrogens with zero attached hydrogens (tertiary/aromatic N) is 3. The van der Waals surface area contributed by atoms with E-state index in [1.807, 2.05) is 23.1 Å². The molecular weight excluding hydrogens is 396 g/mol. The van der Waals surface area contributed by atoms with Gasteiger partial charge in [0.05, 0.1) is 15.9 Å². The third-order valence-corrected chi connectivity index (χ3v) is 7.32. The maximum atomic E-state index is 12.3. The SMILES string of the molecule is CN(C)S(=O)(=O)c1ccc2c(c1)nc(CCC(=O)NCCc1cccs1)n2C. The summed E-state index contributed by atoms with van der Waals surface area (Å²) in [6.07, 6.45) is 1.66. The number of nitrogens with one attached hydrogen (secondary N) is 1. The van der Waals surface area contributed by atoms with Crippen molar-refractivity contribution in [3.63, 3.8) is 0 Å². The van der Waals surface area contributed by atoms with Gasteiger partial charge in [-0.3, -0.25) is 4.79 Å². The summed E-state index contributed by atoms with van der Waals surface area (Å²) in [5.41, 5.74) is 1.45. The standard InChI is InChI=1S/C19H24N4O3S2/c1-22(2)28(25,26)15-6-7-17-16(13-15)21-18(23(17)3)8-9-19(24)20-11-10-14-5-4-12-27-14/h4-7,12-13H,8-11H2,1-3H3,(H,20,24). The predicted octanol–water partition coefficient (Wildman–Crippen LogP) is 2.18. The second-order valence-corrected chi connectivity index (χ2v) is 9.89. The van der Waals surface area contributed by atoms with E-state index in [0.717, 1.165) is 17.8 Å². The highest BCUT2D eigenvalue weighted by molar-refractivity contribution is 7.89. The molecule has 3 aromatic rings. The molecule has 0 saturated heterocycles. The number of hydrogen-bond donors (Lipinski definition) is 1. The van der Waals surface area contributed by atoms with Crippen molar-refractivity contribution in [2.45, 2.75) is 24.2 Å². The summed E-state index contributed by atoms with van der Waals surface area (Å²) >= 11 is 1.68. The van der Waals surface area contributed by atoms with E-state index in [1.165, 1.54) is 23.3 Å². The molecular formula is C19H24N4O3S2. The first kappa shape index (κ1) is 20.5. The molecule has 2 heterocycles. The van der Waals surface area contributed by atoms with Gasteiger partial charge in [0.15, 0.2) is 0 Å². The quantitative estimate of drug-likeness (QED) is 0.605. The lowest BCUT2D eigenvalue weighted by molar-refractivity contribution is -0.121. The number of benzene rings is 1. The summed E-state index contributed by atoms with van der Waals surface area (Å²) in [5.74, 6) is 0.738. The van der Waals surface area contributed by atoms with Crippen molar-refractivity contribution in [1.29, 1.82) is 0 Å². The van der Waals surface area contributed by atoms with Crippen LogP contribution >= 0.6 is 11.3 Å². The zero-order valence-electron chi connectivity index (χ0n) is 16.2. The van der Waals surface area contributed by atoms with Crippen molar-refractivity contribution in [2.75, 3.05) is 20.6 Å². The monoisotopic (exact) mass is 420 g/mol. The maximum absolute atomic E-state index is 12.3. The van der Waals surface area contributed by atoms with E-state index in [-0.39, 0.29) is 10.8 Å². The summed E-state index contributed by atoms with van der Waals surface area (Å²) < 4.78 is 27.7. The van der Waals surface area contributed by atoms with Crippen LogP contribution in [0.2, 0.25) is 0 Å². The molecule has 0 aliphatic heterocycles. The highest BCUT2D eigenvalue weighted by Gasteiger charge is 2.19. The van der Waals surface area contributed by atoms with Crippen molar-refractivity contribution in [2.24, 2.45) is 7.05 Å². The summed E-state index contributed by atoms with van der Waals surface area (Å²) in [6.45, 7) is 0.619. The minimum atomic E-state index is -3.51. The fraction of sp³-hybridized carbons (Fsp3) is 0.368. The minimum Gasteiger partial charge on any atom is -0.356 e. The van der Waals surface area contributed by atoms with Crippen molar-refractivity contribution >= 4 is 38.3 Å². The molecule has 0 unspecified atom stereocenters. The van der Waals surface area contributed by atoms with Gasteiger partial charge in [-0.05, 0) is 36.1 Å². The van der Waals surface area contributed by atoms with E-state index in [1.54, 1.807) is 29.5 Å². The molecule has 9 heteroatoms. The first-order valence-electron chi connectivity index (χ1n) is 8.96. The molecule has 1 amide bonds. The Morgan fingerprint density at radius 2 is 2.04 bits per heavy atom. The number of carbonyl (C=O) groups is 1. The molecule has 0 aliphatic rings. The van der Waals surface area contributed by atoms with Crippen molar-refractivity contribution in [3.05, 3.63) is 46.4 Å². The number of imidazole rings is 1. The largest absolute Gasteiger partial charge is 0.356 e. The topological polar surface area (TPSA) is 84.3 Å². The molecule has 0 atom stereocenters. The lowest BCUT2D eigenvalue weighted by Crippen LogP contribution is -2.26. The molecule has 0 saturated carbocycles. The first-order valence-corrected chi connectivity index (χ1v) is 11.3. The van der Waals surface area contributed by atoms with Crippen LogP contribution < -0.4 is 5.32 Å². The average molecular weight is 421 g/mol. The van der Waals surface area contributed by atoms with Crippen molar-refractivity contribution < 1.29 is 13.2 Å². The molecule has 0 aliphatic carbocycles. The lowest BCUT2D eigenvalue weighted by atomic mass is 10.2. The number of aryl methyl sites for hydroxylation is 2. The molecule has 2 aromatic heterocycles. The van der Waals surface area contributed by atoms with Crippen LogP contribution in [0.15, 0.2) is 40.6 Å². The number of hydrogen-bond acceptors (Lipinski definition) is 5. The van der Waals surface area contributed by atoms with Crippen LogP contribution in [0, 0.1) is 0 Å². The van der Waals surface area contributed by atoms with E-state index in [4.69, 9.17) is 0 Å². The van der Waals surface area contributed by atoms with Crippen LogP contribution in [0.5, 0.6) is 0 Å². The van der Waals surface area contributed by atoms with Crippen LogP contribution in [0.3, 0.4) is 0 Å². The number of rotatable bonds is 8. The second-order valence-electron chi connectivity index (χ2n) is 6.70. The van der Waals surface area contributed by atoms with Crippen LogP contribution in [0.25, 0.3) is 11.0 Å². The van der Waals surface area contributed by atoms with Gasteiger partial charge in [0, 0.05) is 45.4 Å². The van der Waals surface area contributed by atoms with Crippen molar-refractivity contribution in [1.82, 2.24) is 19.2 Å². The van der Waals surface area contributed by atoms with Gasteiger partial charge in [-0.15, -0.1) is 11.3 Å². The maximum Gasteiger partial charge on any atom is 0.242 e. The van der Waals surface area contributed by atoms with Crippen LogP contribution in [-0.2, 0) is 34.7 Å². The molecule has 0 spiro atoms. The van der Waals surface area contributed by atoms with Gasteiger partial charge < -0.3 is 9.88 Å². The summed E-state index contributed by atoms with van der Waals surface area (Å²) in [5, 5.41) is 4.96. The predicted molar refractivity (Wildman–Crippen MR) is 111 cm³/mol. The molecule has 0 radical (unpaired) electrons. The third-order valence-electron chi connectivity index (χ3n) is 4.57. The highest BCUT2D eigenvalue weighted by Crippen LogP contribution is 2.21. The van der Waals surface area contributed by atoms with E-state index >= 15 is 0 Å². The van der Waals surface area contributed by atoms with Gasteiger partial charge in [0.1, 0.15) is 5.82 Å². The number of fused-ring (bicyclic) bond motifs is 1. The van der Waals surface area contributed by atoms with E-state index in [0.29, 0.717) is 24.9 Å². The Balaban J connectivity index is 1.64. The number of thiophene rings is 1. The number of aromatic nitrogens is 2. The molecule has 0 bridgehead atoms. The van der Waals surface area contributed by atoms with Gasteiger partial charge in [-0.25, -0.2) is 17.7 Å². The Bertz CT molecular complexity index is 1070. The minimum absolute atomic E-state index is 0.0144. The Kier molecular flexibility index (Phi) is 6.17. The lowest BCUT2D eigenvalue weighted by Gasteiger charge is -2.10. The van der Waals surface area contributed by atoms with Gasteiger partial charge in [0.25, 0.3) is 0 Å². The number of carbonyl (C=O) groups excluding carboxylic acids is 1. The number of amides is 1. The van der Waals surface area contributed by atoms with Gasteiger partial charge in [-0.1, -0.05) is 6.07 Å². The molecule has 150 valence electrons. The average Bonchev–Trinajstić information content (AvgIpc) is 3.28. The summed E-state index contributed by atoms with van der Waals surface area (Å²) in [6, 6.07) is 8.97. The molecule has 0 fully saturated rings. The smallest absolute Gasteiger partial charge is 0.242 e. The second kappa shape index (κ2) is 8.42. The van der Waals surface area contributed by atoms with Gasteiger partial charge >= 0.3 is 0 Å². The van der Waals surface area contributed by atoms with E-state index < -0.39 is 10.0 Å². The van der Waals surface area contributed by atoms with Crippen LogP contribution in [0.1, 0.15) is 17.1 Å². The first-order chi connectivity index (χ1) is 13.3. The van der Waals surface area contributed by atoms with Crippen LogP contribution in [0.4, 0.5) is 0 Å². The molecule has 28 heavy (non-hydrogen) atoms. The zero-order valence-corrected chi connectivity index (χ0v) is 17.8. The van der Waals surface area contributed by atoms with E-state index in [2.05, 4.69) is 16.4 Å². The summed E-state index contributed by atoms with van der Waals surface area (Å²) in [7, 11) is 1.37. The Morgan fingerprint density at radius 3 is 2.71 bits per heavy atom. The summed E-state index contributed by atoms with van der Waals surface area (Å²) in [4.78, 5) is 18.1. The number of sulfonamides is 1. The molecule has 3 rings (SSSR count). The van der Waals surface area contributed by atoms with Gasteiger partial charge in [0.2, 0.25) is 15.9 Å². The fourth-order valence-corrected chi connectivity index (χ4v) is 4.55. The Hall–Kier alpha value is -2.23. The fourth-order valence-electron chi connectivity index (χ4n) is 2.92. The van der Waals surface area contributed by atoms with Gasteiger partial charge in [-0.2, -0.15) is 0 Å². The Morgan fingerprint density at radius 1 is 1.25 bits per heavy atom. The van der Waals surface area contributed by atoms with Crippen molar-refractivity contribution in [3.8, 4) is 0 Å². The zero-order chi connectivity index (χ0) is 20.3. The van der Waals surface area contributed by atoms with Crippen LogP contribution in [-0.4, -0.2) is 48.8 Å². The molecule has 7 nitrogen and oxygen atoms in total. The third kappa shape index (κ3) is 4.43. The molecule has 1 aromatic carbocycles. The Labute approximate surface area is 169 Å².